The lowest BCUT2D eigenvalue weighted by Crippen LogP contribution is -2.27. The molecule has 21 heavy (non-hydrogen) atoms. The molecule has 1 aromatic heterocycles. The van der Waals surface area contributed by atoms with Crippen LogP contribution in [0.4, 0.5) is 0 Å². The number of benzene rings is 1. The van der Waals surface area contributed by atoms with Gasteiger partial charge in [0, 0.05) is 24.9 Å². The number of hydrogen-bond acceptors (Lipinski definition) is 4. The molecular formula is C14H19N3O3S. The second kappa shape index (κ2) is 6.28. The van der Waals surface area contributed by atoms with Gasteiger partial charge in [0.05, 0.1) is 18.3 Å². The maximum Gasteiger partial charge on any atom is 0.241 e. The molecule has 0 spiro atoms. The van der Waals surface area contributed by atoms with Crippen molar-refractivity contribution in [1.29, 1.82) is 0 Å². The first-order valence-corrected chi connectivity index (χ1v) is 8.04. The number of sulfonamides is 1. The number of rotatable bonds is 6. The first kappa shape index (κ1) is 15.5. The summed E-state index contributed by atoms with van der Waals surface area (Å²) in [6.45, 7) is 3.84. The number of H-pyrrole nitrogens is 1. The predicted molar refractivity (Wildman–Crippen MR) is 79.9 cm³/mol. The van der Waals surface area contributed by atoms with Crippen LogP contribution in [0.5, 0.6) is 5.75 Å². The molecule has 0 amide bonds. The molecule has 2 rings (SSSR count). The Kier molecular flexibility index (Phi) is 4.64. The third kappa shape index (κ3) is 3.62. The summed E-state index contributed by atoms with van der Waals surface area (Å²) in [5, 5.41) is 0. The zero-order valence-corrected chi connectivity index (χ0v) is 13.1. The molecule has 114 valence electrons. The van der Waals surface area contributed by atoms with Crippen LogP contribution in [0.15, 0.2) is 29.6 Å². The van der Waals surface area contributed by atoms with Gasteiger partial charge < -0.3 is 9.72 Å². The van der Waals surface area contributed by atoms with Crippen LogP contribution in [0.2, 0.25) is 0 Å². The van der Waals surface area contributed by atoms with Crippen molar-refractivity contribution in [3.05, 3.63) is 41.5 Å². The zero-order chi connectivity index (χ0) is 15.5. The van der Waals surface area contributed by atoms with Crippen LogP contribution in [0.25, 0.3) is 0 Å². The van der Waals surface area contributed by atoms with Crippen molar-refractivity contribution in [2.75, 3.05) is 13.7 Å². The van der Waals surface area contributed by atoms with Crippen LogP contribution >= 0.6 is 0 Å². The minimum Gasteiger partial charge on any atom is -0.497 e. The fourth-order valence-electron chi connectivity index (χ4n) is 2.27. The highest BCUT2D eigenvalue weighted by atomic mass is 32.2. The Bertz CT molecular complexity index is 686. The lowest BCUT2D eigenvalue weighted by atomic mass is 10.1. The van der Waals surface area contributed by atoms with E-state index in [0.717, 1.165) is 5.69 Å². The summed E-state index contributed by atoms with van der Waals surface area (Å²) < 4.78 is 32.6. The van der Waals surface area contributed by atoms with Crippen molar-refractivity contribution in [3.63, 3.8) is 0 Å². The normalized spacial score (nSPS) is 11.6. The standard InChI is InChI=1S/C14H19N3O3S/c1-10-6-13(20-3)7-11(2)14(10)21(18,19)17-5-4-12-8-15-9-16-12/h6-9,17H,4-5H2,1-3H3,(H,15,16). The molecule has 0 aliphatic carbocycles. The number of nitrogens with one attached hydrogen (secondary N) is 2. The van der Waals surface area contributed by atoms with Gasteiger partial charge in [-0.2, -0.15) is 0 Å². The Morgan fingerprint density at radius 1 is 1.29 bits per heavy atom. The largest absolute Gasteiger partial charge is 0.497 e. The van der Waals surface area contributed by atoms with Crippen molar-refractivity contribution in [3.8, 4) is 5.75 Å². The van der Waals surface area contributed by atoms with Gasteiger partial charge in [0.15, 0.2) is 0 Å². The number of aromatic amines is 1. The van der Waals surface area contributed by atoms with E-state index < -0.39 is 10.0 Å². The third-order valence-electron chi connectivity index (χ3n) is 3.18. The van der Waals surface area contributed by atoms with E-state index in [2.05, 4.69) is 14.7 Å². The summed E-state index contributed by atoms with van der Waals surface area (Å²) in [7, 11) is -1.98. The first-order valence-electron chi connectivity index (χ1n) is 6.56. The van der Waals surface area contributed by atoms with Crippen LogP contribution in [0, 0.1) is 13.8 Å². The van der Waals surface area contributed by atoms with Gasteiger partial charge in [-0.15, -0.1) is 0 Å². The molecule has 0 bridgehead atoms. The second-order valence-corrected chi connectivity index (χ2v) is 6.52. The first-order chi connectivity index (χ1) is 9.94. The summed E-state index contributed by atoms with van der Waals surface area (Å²) in [6, 6.07) is 3.44. The van der Waals surface area contributed by atoms with E-state index in [1.54, 1.807) is 45.6 Å². The van der Waals surface area contributed by atoms with Gasteiger partial charge in [0.2, 0.25) is 10.0 Å². The number of aromatic nitrogens is 2. The SMILES string of the molecule is COc1cc(C)c(S(=O)(=O)NCCc2cnc[nH]2)c(C)c1. The maximum atomic E-state index is 12.4. The molecule has 0 aliphatic heterocycles. The van der Waals surface area contributed by atoms with E-state index in [4.69, 9.17) is 4.74 Å². The molecule has 1 heterocycles. The van der Waals surface area contributed by atoms with E-state index in [1.165, 1.54) is 0 Å². The Morgan fingerprint density at radius 3 is 2.48 bits per heavy atom. The number of imidazole rings is 1. The van der Waals surface area contributed by atoms with Gasteiger partial charge >= 0.3 is 0 Å². The second-order valence-electron chi connectivity index (χ2n) is 4.81. The monoisotopic (exact) mass is 309 g/mol. The molecule has 1 aromatic carbocycles. The number of ether oxygens (including phenoxy) is 1. The van der Waals surface area contributed by atoms with Crippen molar-refractivity contribution in [2.24, 2.45) is 0 Å². The number of hydrogen-bond donors (Lipinski definition) is 2. The average Bonchev–Trinajstić information content (AvgIpc) is 2.90. The van der Waals surface area contributed by atoms with E-state index >= 15 is 0 Å². The Hall–Kier alpha value is -1.86. The highest BCUT2D eigenvalue weighted by Crippen LogP contribution is 2.25. The number of nitrogens with zero attached hydrogens (tertiary/aromatic N) is 1. The fourth-order valence-corrected chi connectivity index (χ4v) is 3.75. The topological polar surface area (TPSA) is 84.1 Å². The van der Waals surface area contributed by atoms with Crippen LogP contribution in [-0.2, 0) is 16.4 Å². The summed E-state index contributed by atoms with van der Waals surface area (Å²) in [5.74, 6) is 0.654. The van der Waals surface area contributed by atoms with E-state index in [-0.39, 0.29) is 0 Å². The molecule has 0 radical (unpaired) electrons. The Labute approximate surface area is 124 Å². The predicted octanol–water partition coefficient (Wildman–Crippen LogP) is 1.56. The minimum absolute atomic E-state index is 0.313. The summed E-state index contributed by atoms with van der Waals surface area (Å²) >= 11 is 0. The van der Waals surface area contributed by atoms with Crippen molar-refractivity contribution < 1.29 is 13.2 Å². The lowest BCUT2D eigenvalue weighted by molar-refractivity contribution is 0.413. The lowest BCUT2D eigenvalue weighted by Gasteiger charge is -2.13. The molecule has 0 saturated carbocycles. The third-order valence-corrected chi connectivity index (χ3v) is 4.95. The molecule has 0 fully saturated rings. The van der Waals surface area contributed by atoms with Gasteiger partial charge in [-0.05, 0) is 37.1 Å². The Morgan fingerprint density at radius 2 is 1.95 bits per heavy atom. The fraction of sp³-hybridized carbons (Fsp3) is 0.357. The molecular weight excluding hydrogens is 290 g/mol. The van der Waals surface area contributed by atoms with Crippen LogP contribution in [0.1, 0.15) is 16.8 Å². The molecule has 0 aliphatic rings. The van der Waals surface area contributed by atoms with Crippen LogP contribution in [0.3, 0.4) is 0 Å². The van der Waals surface area contributed by atoms with Crippen molar-refractivity contribution >= 4 is 10.0 Å². The molecule has 2 N–H and O–H groups in total. The van der Waals surface area contributed by atoms with Gasteiger partial charge in [0.25, 0.3) is 0 Å². The molecule has 0 unspecified atom stereocenters. The highest BCUT2D eigenvalue weighted by Gasteiger charge is 2.20. The van der Waals surface area contributed by atoms with Gasteiger partial charge in [-0.3, -0.25) is 0 Å². The number of aryl methyl sites for hydroxylation is 2. The average molecular weight is 309 g/mol. The quantitative estimate of drug-likeness (QED) is 0.848. The van der Waals surface area contributed by atoms with Crippen molar-refractivity contribution in [2.45, 2.75) is 25.2 Å². The molecule has 0 saturated heterocycles. The van der Waals surface area contributed by atoms with E-state index in [9.17, 15) is 8.42 Å². The zero-order valence-electron chi connectivity index (χ0n) is 12.3. The van der Waals surface area contributed by atoms with E-state index in [0.29, 0.717) is 34.7 Å². The summed E-state index contributed by atoms with van der Waals surface area (Å²) in [4.78, 5) is 7.15. The van der Waals surface area contributed by atoms with Gasteiger partial charge in [-0.25, -0.2) is 18.1 Å². The summed E-state index contributed by atoms with van der Waals surface area (Å²) in [5.41, 5.74) is 2.22. The molecule has 7 heteroatoms. The molecule has 0 atom stereocenters. The maximum absolute atomic E-state index is 12.4. The minimum atomic E-state index is -3.54. The van der Waals surface area contributed by atoms with Crippen LogP contribution < -0.4 is 9.46 Å². The summed E-state index contributed by atoms with van der Waals surface area (Å²) in [6.07, 6.45) is 3.81. The van der Waals surface area contributed by atoms with Crippen molar-refractivity contribution in [1.82, 2.24) is 14.7 Å². The number of methoxy groups -OCH3 is 1. The molecule has 2 aromatic rings. The van der Waals surface area contributed by atoms with Gasteiger partial charge in [-0.1, -0.05) is 0 Å². The highest BCUT2D eigenvalue weighted by molar-refractivity contribution is 7.89. The van der Waals surface area contributed by atoms with Crippen LogP contribution in [-0.4, -0.2) is 32.0 Å². The Balaban J connectivity index is 2.15. The van der Waals surface area contributed by atoms with Gasteiger partial charge in [0.1, 0.15) is 5.75 Å². The smallest absolute Gasteiger partial charge is 0.241 e. The molecule has 6 nitrogen and oxygen atoms in total. The van der Waals surface area contributed by atoms with E-state index in [1.807, 2.05) is 0 Å².